The molecule has 0 bridgehead atoms. The predicted octanol–water partition coefficient (Wildman–Crippen LogP) is 5.29. The fourth-order valence-corrected chi connectivity index (χ4v) is 2.87. The molecule has 2 rings (SSSR count). The first-order valence-corrected chi connectivity index (χ1v) is 7.69. The van der Waals surface area contributed by atoms with Gasteiger partial charge in [0.05, 0.1) is 0 Å². The summed E-state index contributed by atoms with van der Waals surface area (Å²) in [6.07, 6.45) is 3.26. The van der Waals surface area contributed by atoms with E-state index < -0.39 is 11.6 Å². The van der Waals surface area contributed by atoms with E-state index in [1.54, 1.807) is 0 Å². The molecule has 0 radical (unpaired) electrons. The van der Waals surface area contributed by atoms with Crippen LogP contribution in [-0.2, 0) is 12.8 Å². The summed E-state index contributed by atoms with van der Waals surface area (Å²) in [5.41, 5.74) is 1.47. The van der Waals surface area contributed by atoms with Gasteiger partial charge < -0.3 is 0 Å². The number of halogens is 3. The molecule has 0 N–H and O–H groups in total. The second kappa shape index (κ2) is 7.53. The lowest BCUT2D eigenvalue weighted by atomic mass is 10.0. The van der Waals surface area contributed by atoms with Gasteiger partial charge in [0.1, 0.15) is 11.6 Å². The molecule has 0 aromatic heterocycles. The molecular weight excluding hydrogens is 322 g/mol. The van der Waals surface area contributed by atoms with Gasteiger partial charge in [0, 0.05) is 10.4 Å². The Kier molecular flexibility index (Phi) is 5.72. The number of benzene rings is 2. The van der Waals surface area contributed by atoms with E-state index in [0.29, 0.717) is 6.42 Å². The van der Waals surface area contributed by atoms with Gasteiger partial charge in [0.2, 0.25) is 0 Å². The fourth-order valence-electron chi connectivity index (χ4n) is 2.22. The third-order valence-electron chi connectivity index (χ3n) is 3.31. The van der Waals surface area contributed by atoms with E-state index in [0.717, 1.165) is 19.3 Å². The number of alkyl halides is 1. The van der Waals surface area contributed by atoms with Crippen molar-refractivity contribution in [1.82, 2.24) is 0 Å². The van der Waals surface area contributed by atoms with E-state index in [1.165, 1.54) is 23.8 Å². The van der Waals surface area contributed by atoms with Crippen LogP contribution in [0.4, 0.5) is 8.78 Å². The Morgan fingerprint density at radius 3 is 2.20 bits per heavy atom. The summed E-state index contributed by atoms with van der Waals surface area (Å²) >= 11 is 3.52. The van der Waals surface area contributed by atoms with Crippen molar-refractivity contribution in [2.24, 2.45) is 0 Å². The summed E-state index contributed by atoms with van der Waals surface area (Å²) in [4.78, 5) is 0.0950. The Morgan fingerprint density at radius 2 is 1.55 bits per heavy atom. The van der Waals surface area contributed by atoms with Gasteiger partial charge in [-0.05, 0) is 43.4 Å². The lowest BCUT2D eigenvalue weighted by molar-refractivity contribution is 0.547. The first-order chi connectivity index (χ1) is 9.66. The summed E-state index contributed by atoms with van der Waals surface area (Å²) in [5, 5.41) is 0. The Labute approximate surface area is 127 Å². The molecule has 0 saturated carbocycles. The summed E-state index contributed by atoms with van der Waals surface area (Å²) in [5.74, 6) is -0.921. The number of aryl methyl sites for hydroxylation is 1. The third kappa shape index (κ3) is 4.41. The van der Waals surface area contributed by atoms with Crippen molar-refractivity contribution in [3.05, 3.63) is 71.3 Å². The molecule has 2 aromatic carbocycles. The first kappa shape index (κ1) is 15.2. The molecule has 0 heterocycles. The number of rotatable bonds is 6. The van der Waals surface area contributed by atoms with Gasteiger partial charge in [-0.3, -0.25) is 0 Å². The van der Waals surface area contributed by atoms with E-state index in [9.17, 15) is 8.78 Å². The van der Waals surface area contributed by atoms with E-state index in [-0.39, 0.29) is 10.4 Å². The topological polar surface area (TPSA) is 0 Å². The molecule has 1 unspecified atom stereocenters. The van der Waals surface area contributed by atoms with Gasteiger partial charge in [-0.15, -0.1) is 0 Å². The smallest absolute Gasteiger partial charge is 0.129 e. The minimum Gasteiger partial charge on any atom is -0.207 e. The number of hydrogen-bond acceptors (Lipinski definition) is 0. The maximum Gasteiger partial charge on any atom is 0.129 e. The normalized spacial score (nSPS) is 12.3. The Bertz CT molecular complexity index is 520. The molecule has 0 nitrogen and oxygen atoms in total. The van der Waals surface area contributed by atoms with Gasteiger partial charge in [-0.2, -0.15) is 0 Å². The van der Waals surface area contributed by atoms with Crippen LogP contribution in [0.5, 0.6) is 0 Å². The minimum atomic E-state index is -0.461. The van der Waals surface area contributed by atoms with Crippen LogP contribution in [0, 0.1) is 11.6 Å². The first-order valence-electron chi connectivity index (χ1n) is 6.77. The molecule has 0 aliphatic carbocycles. The number of hydrogen-bond donors (Lipinski definition) is 0. The van der Waals surface area contributed by atoms with E-state index in [4.69, 9.17) is 0 Å². The second-order valence-corrected chi connectivity index (χ2v) is 6.17. The molecule has 0 aliphatic heterocycles. The molecule has 106 valence electrons. The average molecular weight is 339 g/mol. The molecule has 0 amide bonds. The van der Waals surface area contributed by atoms with Crippen LogP contribution >= 0.6 is 15.9 Å². The average Bonchev–Trinajstić information content (AvgIpc) is 2.44. The highest BCUT2D eigenvalue weighted by atomic mass is 79.9. The summed E-state index contributed by atoms with van der Waals surface area (Å²) in [7, 11) is 0. The maximum absolute atomic E-state index is 13.5. The zero-order chi connectivity index (χ0) is 14.4. The monoisotopic (exact) mass is 338 g/mol. The van der Waals surface area contributed by atoms with Crippen molar-refractivity contribution >= 4 is 15.9 Å². The minimum absolute atomic E-state index is 0.0950. The molecule has 20 heavy (non-hydrogen) atoms. The Morgan fingerprint density at radius 1 is 0.900 bits per heavy atom. The Balaban J connectivity index is 1.82. The zero-order valence-electron chi connectivity index (χ0n) is 11.2. The molecular formula is C17H17BrF2. The lowest BCUT2D eigenvalue weighted by Gasteiger charge is -2.11. The molecule has 0 aliphatic rings. The van der Waals surface area contributed by atoms with Crippen molar-refractivity contribution in [2.75, 3.05) is 0 Å². The third-order valence-corrected chi connectivity index (χ3v) is 4.09. The lowest BCUT2D eigenvalue weighted by Crippen LogP contribution is -2.07. The van der Waals surface area contributed by atoms with E-state index >= 15 is 0 Å². The van der Waals surface area contributed by atoms with Gasteiger partial charge in [0.25, 0.3) is 0 Å². The van der Waals surface area contributed by atoms with Crippen LogP contribution in [0.3, 0.4) is 0 Å². The molecule has 0 spiro atoms. The fraction of sp³-hybridized carbons (Fsp3) is 0.294. The van der Waals surface area contributed by atoms with Gasteiger partial charge in [-0.25, -0.2) is 8.78 Å². The van der Waals surface area contributed by atoms with Crippen LogP contribution in [0.2, 0.25) is 0 Å². The summed E-state index contributed by atoms with van der Waals surface area (Å²) in [6, 6.07) is 14.2. The standard InChI is InChI=1S/C17H17BrF2/c18-14(9-4-8-13-6-2-1-3-7-13)12-15-16(19)10-5-11-17(15)20/h1-3,5-7,10-11,14H,4,8-9,12H2. The van der Waals surface area contributed by atoms with Crippen molar-refractivity contribution in [3.8, 4) is 0 Å². The van der Waals surface area contributed by atoms with Crippen LogP contribution in [0.15, 0.2) is 48.5 Å². The SMILES string of the molecule is Fc1cccc(F)c1CC(Br)CCCc1ccccc1. The van der Waals surface area contributed by atoms with E-state index in [2.05, 4.69) is 28.1 Å². The Hall–Kier alpha value is -1.22. The van der Waals surface area contributed by atoms with Crippen LogP contribution < -0.4 is 0 Å². The molecule has 2 aromatic rings. The van der Waals surface area contributed by atoms with Crippen LogP contribution in [-0.4, -0.2) is 4.83 Å². The highest BCUT2D eigenvalue weighted by Crippen LogP contribution is 2.20. The van der Waals surface area contributed by atoms with Crippen molar-refractivity contribution < 1.29 is 8.78 Å². The summed E-state index contributed by atoms with van der Waals surface area (Å²) < 4.78 is 27.1. The van der Waals surface area contributed by atoms with Gasteiger partial charge in [-0.1, -0.05) is 52.3 Å². The van der Waals surface area contributed by atoms with Gasteiger partial charge in [0.15, 0.2) is 0 Å². The quantitative estimate of drug-likeness (QED) is 0.627. The molecule has 0 saturated heterocycles. The molecule has 3 heteroatoms. The molecule has 0 fully saturated rings. The largest absolute Gasteiger partial charge is 0.207 e. The van der Waals surface area contributed by atoms with Gasteiger partial charge >= 0.3 is 0 Å². The summed E-state index contributed by atoms with van der Waals surface area (Å²) in [6.45, 7) is 0. The van der Waals surface area contributed by atoms with Crippen molar-refractivity contribution in [1.29, 1.82) is 0 Å². The highest BCUT2D eigenvalue weighted by Gasteiger charge is 2.13. The van der Waals surface area contributed by atoms with E-state index in [1.807, 2.05) is 18.2 Å². The van der Waals surface area contributed by atoms with Crippen LogP contribution in [0.1, 0.15) is 24.0 Å². The van der Waals surface area contributed by atoms with Crippen molar-refractivity contribution in [2.45, 2.75) is 30.5 Å². The van der Waals surface area contributed by atoms with Crippen LogP contribution in [0.25, 0.3) is 0 Å². The zero-order valence-corrected chi connectivity index (χ0v) is 12.7. The highest BCUT2D eigenvalue weighted by molar-refractivity contribution is 9.09. The predicted molar refractivity (Wildman–Crippen MR) is 82.2 cm³/mol. The maximum atomic E-state index is 13.5. The molecule has 1 atom stereocenters. The van der Waals surface area contributed by atoms with Crippen molar-refractivity contribution in [3.63, 3.8) is 0 Å². The second-order valence-electron chi connectivity index (χ2n) is 4.88.